The Balaban J connectivity index is 2.48. The zero-order chi connectivity index (χ0) is 10.8. The number of hydrogen-bond donors (Lipinski definition) is 0. The monoisotopic (exact) mass is 202 g/mol. The van der Waals surface area contributed by atoms with Crippen LogP contribution in [0, 0.1) is 13.8 Å². The van der Waals surface area contributed by atoms with E-state index in [0.717, 1.165) is 17.7 Å². The van der Waals surface area contributed by atoms with E-state index in [1.54, 1.807) is 6.20 Å². The molecule has 5 nitrogen and oxygen atoms in total. The molecule has 0 saturated heterocycles. The predicted octanol–water partition coefficient (Wildman–Crippen LogP) is 1.09. The summed E-state index contributed by atoms with van der Waals surface area (Å²) in [6.07, 6.45) is 3.82. The van der Waals surface area contributed by atoms with Gasteiger partial charge in [0.2, 0.25) is 0 Å². The summed E-state index contributed by atoms with van der Waals surface area (Å²) in [6.45, 7) is 3.78. The molecule has 0 aliphatic carbocycles. The van der Waals surface area contributed by atoms with E-state index in [0.29, 0.717) is 11.5 Å². The molecule has 0 saturated carbocycles. The lowest BCUT2D eigenvalue weighted by atomic mass is 10.4. The minimum atomic E-state index is 0.487. The number of hydrogen-bond acceptors (Lipinski definition) is 4. The van der Waals surface area contributed by atoms with E-state index in [4.69, 9.17) is 0 Å². The Kier molecular flexibility index (Phi) is 2.29. The molecule has 0 aromatic carbocycles. The first-order chi connectivity index (χ1) is 7.19. The number of carbonyl (C=O) groups excluding carboxylic acids is 1. The van der Waals surface area contributed by atoms with Gasteiger partial charge in [0, 0.05) is 17.6 Å². The van der Waals surface area contributed by atoms with E-state index >= 15 is 0 Å². The van der Waals surface area contributed by atoms with Crippen LogP contribution >= 0.6 is 0 Å². The molecule has 0 unspecified atom stereocenters. The molecule has 0 amide bonds. The van der Waals surface area contributed by atoms with Crippen LogP contribution in [0.2, 0.25) is 0 Å². The summed E-state index contributed by atoms with van der Waals surface area (Å²) in [6, 6.07) is 1.88. The van der Waals surface area contributed by atoms with Crippen molar-refractivity contribution < 1.29 is 4.79 Å². The van der Waals surface area contributed by atoms with E-state index in [1.807, 2.05) is 19.9 Å². The summed E-state index contributed by atoms with van der Waals surface area (Å²) >= 11 is 0. The number of aryl methyl sites for hydroxylation is 2. The van der Waals surface area contributed by atoms with Gasteiger partial charge < -0.3 is 0 Å². The second kappa shape index (κ2) is 3.61. The maximum Gasteiger partial charge on any atom is 0.250 e. The normalized spacial score (nSPS) is 10.3. The highest BCUT2D eigenvalue weighted by molar-refractivity contribution is 5.73. The Labute approximate surface area is 86.8 Å². The van der Waals surface area contributed by atoms with Gasteiger partial charge >= 0.3 is 0 Å². The predicted molar refractivity (Wildman–Crippen MR) is 54.0 cm³/mol. The first-order valence-electron chi connectivity index (χ1n) is 4.51. The molecule has 2 aromatic heterocycles. The smallest absolute Gasteiger partial charge is 0.250 e. The Morgan fingerprint density at radius 1 is 1.27 bits per heavy atom. The maximum absolute atomic E-state index is 10.5. The first-order valence-corrected chi connectivity index (χ1v) is 4.51. The van der Waals surface area contributed by atoms with Crippen molar-refractivity contribution in [2.24, 2.45) is 0 Å². The minimum absolute atomic E-state index is 0.487. The highest BCUT2D eigenvalue weighted by Gasteiger charge is 2.04. The number of rotatable bonds is 2. The summed E-state index contributed by atoms with van der Waals surface area (Å²) in [5.41, 5.74) is 2.26. The fraction of sp³-hybridized carbons (Fsp3) is 0.200. The van der Waals surface area contributed by atoms with E-state index in [-0.39, 0.29) is 0 Å². The van der Waals surface area contributed by atoms with Crippen molar-refractivity contribution >= 4 is 6.29 Å². The van der Waals surface area contributed by atoms with E-state index in [1.165, 1.54) is 10.9 Å². The average Bonchev–Trinajstić information content (AvgIpc) is 2.64. The third kappa shape index (κ3) is 1.90. The molecule has 0 spiro atoms. The molecule has 5 heteroatoms. The number of aromatic nitrogens is 4. The topological polar surface area (TPSA) is 60.7 Å². The third-order valence-corrected chi connectivity index (χ3v) is 1.91. The third-order valence-electron chi connectivity index (χ3n) is 1.91. The molecule has 0 radical (unpaired) electrons. The molecular formula is C10H10N4O. The molecule has 0 N–H and O–H groups in total. The van der Waals surface area contributed by atoms with E-state index < -0.39 is 0 Å². The summed E-state index contributed by atoms with van der Waals surface area (Å²) < 4.78 is 1.49. The number of nitrogens with zero attached hydrogens (tertiary/aromatic N) is 4. The van der Waals surface area contributed by atoms with Crippen molar-refractivity contribution in [1.82, 2.24) is 19.7 Å². The van der Waals surface area contributed by atoms with Crippen molar-refractivity contribution in [2.75, 3.05) is 0 Å². The SMILES string of the molecule is Cc1cc(C)nc(-n2cc(C=O)cn2)n1. The van der Waals surface area contributed by atoms with E-state index in [2.05, 4.69) is 15.1 Å². The summed E-state index contributed by atoms with van der Waals surface area (Å²) in [4.78, 5) is 18.9. The molecule has 0 aliphatic rings. The molecule has 0 bridgehead atoms. The zero-order valence-electron chi connectivity index (χ0n) is 8.51. The second-order valence-corrected chi connectivity index (χ2v) is 3.29. The molecule has 2 heterocycles. The largest absolute Gasteiger partial charge is 0.298 e. The fourth-order valence-electron chi connectivity index (χ4n) is 1.32. The first kappa shape index (κ1) is 9.51. The molecular weight excluding hydrogens is 192 g/mol. The molecule has 0 aliphatic heterocycles. The summed E-state index contributed by atoms with van der Waals surface area (Å²) in [7, 11) is 0. The highest BCUT2D eigenvalue weighted by Crippen LogP contribution is 2.04. The molecule has 0 fully saturated rings. The lowest BCUT2D eigenvalue weighted by molar-refractivity contribution is 0.112. The van der Waals surface area contributed by atoms with Crippen LogP contribution in [0.4, 0.5) is 0 Å². The van der Waals surface area contributed by atoms with Crippen LogP contribution in [0.1, 0.15) is 21.7 Å². The lowest BCUT2D eigenvalue weighted by Gasteiger charge is -2.01. The zero-order valence-corrected chi connectivity index (χ0v) is 8.51. The van der Waals surface area contributed by atoms with Crippen molar-refractivity contribution in [2.45, 2.75) is 13.8 Å². The fourth-order valence-corrected chi connectivity index (χ4v) is 1.32. The van der Waals surface area contributed by atoms with E-state index in [9.17, 15) is 4.79 Å². The van der Waals surface area contributed by atoms with Crippen molar-refractivity contribution in [1.29, 1.82) is 0 Å². The van der Waals surface area contributed by atoms with Crippen LogP contribution in [-0.4, -0.2) is 26.0 Å². The van der Waals surface area contributed by atoms with Crippen LogP contribution in [0.25, 0.3) is 5.95 Å². The summed E-state index contributed by atoms with van der Waals surface area (Å²) in [5, 5.41) is 4.00. The number of carbonyl (C=O) groups is 1. The second-order valence-electron chi connectivity index (χ2n) is 3.29. The number of aldehydes is 1. The van der Waals surface area contributed by atoms with Gasteiger partial charge in [-0.15, -0.1) is 0 Å². The highest BCUT2D eigenvalue weighted by atomic mass is 16.1. The van der Waals surface area contributed by atoms with Crippen molar-refractivity contribution in [3.63, 3.8) is 0 Å². The van der Waals surface area contributed by atoms with Gasteiger partial charge in [-0.25, -0.2) is 14.6 Å². The van der Waals surface area contributed by atoms with Crippen molar-refractivity contribution in [3.05, 3.63) is 35.4 Å². The molecule has 2 aromatic rings. The van der Waals surface area contributed by atoms with Gasteiger partial charge in [-0.2, -0.15) is 5.10 Å². The molecule has 2 rings (SSSR count). The van der Waals surface area contributed by atoms with Crippen LogP contribution in [0.5, 0.6) is 0 Å². The van der Waals surface area contributed by atoms with Gasteiger partial charge in [0.15, 0.2) is 6.29 Å². The Morgan fingerprint density at radius 3 is 2.47 bits per heavy atom. The Morgan fingerprint density at radius 2 is 1.93 bits per heavy atom. The van der Waals surface area contributed by atoms with Gasteiger partial charge in [0.25, 0.3) is 5.95 Å². The maximum atomic E-state index is 10.5. The van der Waals surface area contributed by atoms with Crippen LogP contribution in [-0.2, 0) is 0 Å². The standard InChI is InChI=1S/C10H10N4O/c1-7-3-8(2)13-10(12-7)14-5-9(6-15)4-11-14/h3-6H,1-2H3. The Bertz CT molecular complexity index is 484. The van der Waals surface area contributed by atoms with Crippen LogP contribution in [0.3, 0.4) is 0 Å². The lowest BCUT2D eigenvalue weighted by Crippen LogP contribution is -2.03. The van der Waals surface area contributed by atoms with Gasteiger partial charge in [-0.3, -0.25) is 4.79 Å². The van der Waals surface area contributed by atoms with Crippen LogP contribution in [0.15, 0.2) is 18.5 Å². The van der Waals surface area contributed by atoms with Crippen LogP contribution < -0.4 is 0 Å². The molecule has 15 heavy (non-hydrogen) atoms. The van der Waals surface area contributed by atoms with Gasteiger partial charge in [0.1, 0.15) is 0 Å². The Hall–Kier alpha value is -2.04. The van der Waals surface area contributed by atoms with Gasteiger partial charge in [0.05, 0.1) is 11.8 Å². The minimum Gasteiger partial charge on any atom is -0.298 e. The van der Waals surface area contributed by atoms with Crippen molar-refractivity contribution in [3.8, 4) is 5.95 Å². The quantitative estimate of drug-likeness (QED) is 0.684. The summed E-state index contributed by atoms with van der Waals surface area (Å²) in [5.74, 6) is 0.487. The van der Waals surface area contributed by atoms with Gasteiger partial charge in [-0.05, 0) is 19.9 Å². The average molecular weight is 202 g/mol. The van der Waals surface area contributed by atoms with Gasteiger partial charge in [-0.1, -0.05) is 0 Å². The molecule has 76 valence electrons. The molecule has 0 atom stereocenters.